The monoisotopic (exact) mass is 367 g/mol. The molecular weight excluding hydrogens is 344 g/mol. The zero-order valence-electron chi connectivity index (χ0n) is 14.6. The molecule has 26 heavy (non-hydrogen) atoms. The highest BCUT2D eigenvalue weighted by molar-refractivity contribution is 5.94. The van der Waals surface area contributed by atoms with Crippen LogP contribution in [0.25, 0.3) is 0 Å². The van der Waals surface area contributed by atoms with Gasteiger partial charge in [0, 0.05) is 31.6 Å². The van der Waals surface area contributed by atoms with Gasteiger partial charge in [0.15, 0.2) is 0 Å². The lowest BCUT2D eigenvalue weighted by molar-refractivity contribution is -0.133. The summed E-state index contributed by atoms with van der Waals surface area (Å²) in [6.45, 7) is 0.588. The molecule has 142 valence electrons. The first-order valence-corrected chi connectivity index (χ1v) is 8.70. The molecule has 6 nitrogen and oxygen atoms in total. The van der Waals surface area contributed by atoms with Crippen molar-refractivity contribution in [3.63, 3.8) is 0 Å². The lowest BCUT2D eigenvalue weighted by Crippen LogP contribution is -2.43. The molecule has 0 radical (unpaired) electrons. The van der Waals surface area contributed by atoms with Crippen molar-refractivity contribution in [2.75, 3.05) is 33.3 Å². The van der Waals surface area contributed by atoms with Gasteiger partial charge in [-0.15, -0.1) is 0 Å². The van der Waals surface area contributed by atoms with Gasteiger partial charge in [-0.25, -0.2) is 8.78 Å². The van der Waals surface area contributed by atoms with E-state index in [0.717, 1.165) is 0 Å². The highest BCUT2D eigenvalue weighted by Crippen LogP contribution is 2.28. The van der Waals surface area contributed by atoms with Crippen LogP contribution in [0.3, 0.4) is 0 Å². The van der Waals surface area contributed by atoms with Gasteiger partial charge >= 0.3 is 0 Å². The van der Waals surface area contributed by atoms with E-state index < -0.39 is 18.5 Å². The molecule has 0 aliphatic carbocycles. The number of halogens is 2. The number of alkyl halides is 2. The standard InChI is InChI=1S/C18H23F2N3O3/c1-26-14-4-2-3-13(8-14)16(24)22-10-12-7-15(21-9-12)17(25)23-6-5-18(19,20)11-23/h2-4,8,12,15,21H,5-7,9-11H2,1H3,(H,22,24)/t12?,15-/m0/s1. The molecule has 2 aliphatic heterocycles. The van der Waals surface area contributed by atoms with Crippen molar-refractivity contribution in [3.05, 3.63) is 29.8 Å². The van der Waals surface area contributed by atoms with Crippen LogP contribution in [0.4, 0.5) is 8.78 Å². The van der Waals surface area contributed by atoms with Gasteiger partial charge in [-0.1, -0.05) is 6.07 Å². The molecule has 0 bridgehead atoms. The fraction of sp³-hybridized carbons (Fsp3) is 0.556. The predicted octanol–water partition coefficient (Wildman–Crippen LogP) is 1.27. The smallest absolute Gasteiger partial charge is 0.267 e. The molecule has 2 N–H and O–H groups in total. The summed E-state index contributed by atoms with van der Waals surface area (Å²) in [4.78, 5) is 25.8. The van der Waals surface area contributed by atoms with Crippen molar-refractivity contribution >= 4 is 11.8 Å². The first kappa shape index (κ1) is 18.6. The Morgan fingerprint density at radius 1 is 1.42 bits per heavy atom. The second kappa shape index (κ2) is 7.57. The Balaban J connectivity index is 1.47. The van der Waals surface area contributed by atoms with Gasteiger partial charge < -0.3 is 20.3 Å². The second-order valence-electron chi connectivity index (χ2n) is 6.87. The third kappa shape index (κ3) is 4.30. The Bertz CT molecular complexity index is 683. The van der Waals surface area contributed by atoms with Crippen LogP contribution in [0.5, 0.6) is 5.75 Å². The molecule has 2 aliphatic rings. The molecule has 0 aromatic heterocycles. The average molecular weight is 367 g/mol. The highest BCUT2D eigenvalue weighted by Gasteiger charge is 2.43. The number of methoxy groups -OCH3 is 1. The van der Waals surface area contributed by atoms with Crippen LogP contribution in [0.1, 0.15) is 23.2 Å². The normalized spacial score (nSPS) is 24.5. The third-order valence-corrected chi connectivity index (χ3v) is 4.88. The summed E-state index contributed by atoms with van der Waals surface area (Å²) in [5.41, 5.74) is 0.502. The molecule has 0 saturated carbocycles. The van der Waals surface area contributed by atoms with Crippen molar-refractivity contribution in [2.24, 2.45) is 5.92 Å². The van der Waals surface area contributed by atoms with Gasteiger partial charge in [-0.2, -0.15) is 0 Å². The summed E-state index contributed by atoms with van der Waals surface area (Å²) in [6, 6.07) is 6.40. The van der Waals surface area contributed by atoms with Gasteiger partial charge in [0.25, 0.3) is 11.8 Å². The number of carbonyl (C=O) groups excluding carboxylic acids is 2. The Labute approximate surface area is 150 Å². The third-order valence-electron chi connectivity index (χ3n) is 4.88. The summed E-state index contributed by atoms with van der Waals surface area (Å²) in [5, 5.41) is 5.94. The van der Waals surface area contributed by atoms with Gasteiger partial charge in [0.2, 0.25) is 5.91 Å². The number of nitrogens with zero attached hydrogens (tertiary/aromatic N) is 1. The molecule has 3 rings (SSSR count). The minimum Gasteiger partial charge on any atom is -0.497 e. The first-order valence-electron chi connectivity index (χ1n) is 8.70. The first-order chi connectivity index (χ1) is 12.4. The van der Waals surface area contributed by atoms with Crippen LogP contribution in [0.15, 0.2) is 24.3 Å². The second-order valence-corrected chi connectivity index (χ2v) is 6.87. The average Bonchev–Trinajstić information content (AvgIpc) is 3.25. The van der Waals surface area contributed by atoms with Crippen molar-refractivity contribution in [1.29, 1.82) is 0 Å². The van der Waals surface area contributed by atoms with E-state index in [1.54, 1.807) is 24.3 Å². The Kier molecular flexibility index (Phi) is 5.41. The molecule has 2 atom stereocenters. The number of hydrogen-bond donors (Lipinski definition) is 2. The number of carbonyl (C=O) groups is 2. The SMILES string of the molecule is COc1cccc(C(=O)NCC2CN[C@H](C(=O)N3CCC(F)(F)C3)C2)c1. The van der Waals surface area contributed by atoms with Crippen LogP contribution in [0.2, 0.25) is 0 Å². The molecule has 0 spiro atoms. The van der Waals surface area contributed by atoms with E-state index >= 15 is 0 Å². The molecule has 8 heteroatoms. The summed E-state index contributed by atoms with van der Waals surface area (Å²) < 4.78 is 31.6. The van der Waals surface area contributed by atoms with Crippen LogP contribution in [-0.4, -0.2) is 62.0 Å². The fourth-order valence-electron chi connectivity index (χ4n) is 3.40. The molecule has 1 aromatic rings. The highest BCUT2D eigenvalue weighted by atomic mass is 19.3. The number of amides is 2. The van der Waals surface area contributed by atoms with Crippen LogP contribution in [0, 0.1) is 5.92 Å². The Hall–Kier alpha value is -2.22. The van der Waals surface area contributed by atoms with Gasteiger partial charge in [0.05, 0.1) is 19.7 Å². The van der Waals surface area contributed by atoms with E-state index in [1.807, 2.05) is 0 Å². The van der Waals surface area contributed by atoms with Crippen LogP contribution < -0.4 is 15.4 Å². The number of hydrogen-bond acceptors (Lipinski definition) is 4. The minimum atomic E-state index is -2.78. The van der Waals surface area contributed by atoms with Crippen molar-refractivity contribution < 1.29 is 23.1 Å². The van der Waals surface area contributed by atoms with Crippen LogP contribution in [-0.2, 0) is 4.79 Å². The summed E-state index contributed by atoms with van der Waals surface area (Å²) in [7, 11) is 1.54. The van der Waals surface area contributed by atoms with Crippen molar-refractivity contribution in [1.82, 2.24) is 15.5 Å². The molecule has 1 aromatic carbocycles. The van der Waals surface area contributed by atoms with Gasteiger partial charge in [-0.05, 0) is 30.5 Å². The molecule has 2 fully saturated rings. The van der Waals surface area contributed by atoms with Gasteiger partial charge in [0.1, 0.15) is 5.75 Å². The Morgan fingerprint density at radius 2 is 2.23 bits per heavy atom. The molecule has 1 unspecified atom stereocenters. The zero-order valence-corrected chi connectivity index (χ0v) is 14.6. The summed E-state index contributed by atoms with van der Waals surface area (Å²) in [5.74, 6) is -2.57. The van der Waals surface area contributed by atoms with Gasteiger partial charge in [-0.3, -0.25) is 9.59 Å². The maximum Gasteiger partial charge on any atom is 0.267 e. The molecule has 2 heterocycles. The lowest BCUT2D eigenvalue weighted by atomic mass is 10.0. The van der Waals surface area contributed by atoms with E-state index in [9.17, 15) is 18.4 Å². The van der Waals surface area contributed by atoms with E-state index in [4.69, 9.17) is 4.74 Å². The summed E-state index contributed by atoms with van der Waals surface area (Å²) >= 11 is 0. The maximum atomic E-state index is 13.3. The lowest BCUT2D eigenvalue weighted by Gasteiger charge is -2.20. The molecule has 2 amide bonds. The Morgan fingerprint density at radius 3 is 2.92 bits per heavy atom. The largest absolute Gasteiger partial charge is 0.497 e. The number of ether oxygens (including phenoxy) is 1. The van der Waals surface area contributed by atoms with E-state index in [1.165, 1.54) is 12.0 Å². The number of likely N-dealkylation sites (tertiary alicyclic amines) is 1. The van der Waals surface area contributed by atoms with Crippen molar-refractivity contribution in [3.8, 4) is 5.75 Å². The molecular formula is C18H23F2N3O3. The predicted molar refractivity (Wildman–Crippen MR) is 91.4 cm³/mol. The summed E-state index contributed by atoms with van der Waals surface area (Å²) in [6.07, 6.45) is 0.255. The number of nitrogens with one attached hydrogen (secondary N) is 2. The van der Waals surface area contributed by atoms with E-state index in [0.29, 0.717) is 30.8 Å². The molecule has 2 saturated heterocycles. The quantitative estimate of drug-likeness (QED) is 0.822. The topological polar surface area (TPSA) is 70.7 Å². The number of rotatable bonds is 5. The zero-order chi connectivity index (χ0) is 18.7. The number of benzene rings is 1. The minimum absolute atomic E-state index is 0.0848. The van der Waals surface area contributed by atoms with Crippen LogP contribution >= 0.6 is 0 Å². The van der Waals surface area contributed by atoms with Crippen molar-refractivity contribution in [2.45, 2.75) is 24.8 Å². The van der Waals surface area contributed by atoms with E-state index in [-0.39, 0.29) is 30.7 Å². The van der Waals surface area contributed by atoms with E-state index in [2.05, 4.69) is 10.6 Å². The fourth-order valence-corrected chi connectivity index (χ4v) is 3.40. The maximum absolute atomic E-state index is 13.3.